The molecule has 2 unspecified atom stereocenters. The Bertz CT molecular complexity index is 405. The Morgan fingerprint density at radius 1 is 1.47 bits per heavy atom. The van der Waals surface area contributed by atoms with E-state index in [1.165, 1.54) is 5.56 Å². The van der Waals surface area contributed by atoms with Crippen LogP contribution in [0.25, 0.3) is 0 Å². The van der Waals surface area contributed by atoms with Crippen LogP contribution < -0.4 is 10.1 Å². The van der Waals surface area contributed by atoms with Crippen molar-refractivity contribution in [1.82, 2.24) is 5.32 Å². The molecule has 0 radical (unpaired) electrons. The topological polar surface area (TPSA) is 21.3 Å². The van der Waals surface area contributed by atoms with E-state index in [4.69, 9.17) is 4.74 Å². The molecule has 0 bridgehead atoms. The van der Waals surface area contributed by atoms with Crippen molar-refractivity contribution in [3.05, 3.63) is 29.8 Å². The molecule has 0 saturated carbocycles. The van der Waals surface area contributed by atoms with Crippen LogP contribution in [0.3, 0.4) is 0 Å². The zero-order valence-electron chi connectivity index (χ0n) is 10.5. The van der Waals surface area contributed by atoms with Crippen molar-refractivity contribution >= 4 is 0 Å². The van der Waals surface area contributed by atoms with E-state index in [1.54, 1.807) is 0 Å². The largest absolute Gasteiger partial charge is 0.488 e. The van der Waals surface area contributed by atoms with Gasteiger partial charge in [-0.2, -0.15) is 0 Å². The van der Waals surface area contributed by atoms with E-state index in [0.717, 1.165) is 25.0 Å². The second-order valence-corrected chi connectivity index (χ2v) is 4.33. The second-order valence-electron chi connectivity index (χ2n) is 4.33. The van der Waals surface area contributed by atoms with Crippen molar-refractivity contribution < 1.29 is 4.74 Å². The summed E-state index contributed by atoms with van der Waals surface area (Å²) < 4.78 is 5.98. The molecule has 1 aromatic rings. The maximum Gasteiger partial charge on any atom is 0.123 e. The van der Waals surface area contributed by atoms with Gasteiger partial charge in [0, 0.05) is 18.9 Å². The Morgan fingerprint density at radius 2 is 2.29 bits per heavy atom. The van der Waals surface area contributed by atoms with Gasteiger partial charge in [0.1, 0.15) is 11.9 Å². The van der Waals surface area contributed by atoms with Gasteiger partial charge in [-0.1, -0.05) is 18.2 Å². The fraction of sp³-hybridized carbons (Fsp3) is 0.467. The first-order valence-electron chi connectivity index (χ1n) is 6.16. The van der Waals surface area contributed by atoms with Gasteiger partial charge in [0.05, 0.1) is 0 Å². The minimum absolute atomic E-state index is 0.246. The lowest BCUT2D eigenvalue weighted by atomic mass is 10.0. The molecular weight excluding hydrogens is 210 g/mol. The summed E-state index contributed by atoms with van der Waals surface area (Å²) in [6.45, 7) is 1.89. The highest BCUT2D eigenvalue weighted by Crippen LogP contribution is 2.30. The zero-order chi connectivity index (χ0) is 12.1. The smallest absolute Gasteiger partial charge is 0.123 e. The van der Waals surface area contributed by atoms with Crippen LogP contribution in [0.5, 0.6) is 5.75 Å². The van der Waals surface area contributed by atoms with Crippen LogP contribution >= 0.6 is 0 Å². The van der Waals surface area contributed by atoms with Gasteiger partial charge in [0.15, 0.2) is 0 Å². The average molecular weight is 229 g/mol. The fourth-order valence-electron chi connectivity index (χ4n) is 2.30. The molecule has 1 N–H and O–H groups in total. The number of benzene rings is 1. The average Bonchev–Trinajstić information content (AvgIpc) is 2.78. The van der Waals surface area contributed by atoms with Gasteiger partial charge < -0.3 is 10.1 Å². The molecule has 0 fully saturated rings. The molecule has 1 aromatic carbocycles. The summed E-state index contributed by atoms with van der Waals surface area (Å²) in [5.41, 5.74) is 1.32. The molecular formula is C15H19NO. The van der Waals surface area contributed by atoms with Gasteiger partial charge in [-0.15, -0.1) is 11.8 Å². The monoisotopic (exact) mass is 229 g/mol. The van der Waals surface area contributed by atoms with Crippen LogP contribution in [0.1, 0.15) is 25.3 Å². The molecule has 2 heteroatoms. The molecule has 2 atom stereocenters. The van der Waals surface area contributed by atoms with E-state index in [2.05, 4.69) is 29.3 Å². The van der Waals surface area contributed by atoms with Gasteiger partial charge in [-0.05, 0) is 32.0 Å². The third kappa shape index (κ3) is 2.81. The van der Waals surface area contributed by atoms with Crippen molar-refractivity contribution in [2.24, 2.45) is 0 Å². The van der Waals surface area contributed by atoms with Crippen molar-refractivity contribution in [3.63, 3.8) is 0 Å². The zero-order valence-corrected chi connectivity index (χ0v) is 10.5. The summed E-state index contributed by atoms with van der Waals surface area (Å²) in [7, 11) is 2.00. The van der Waals surface area contributed by atoms with Crippen molar-refractivity contribution in [1.29, 1.82) is 0 Å². The highest BCUT2D eigenvalue weighted by Gasteiger charge is 2.28. The maximum atomic E-state index is 5.98. The molecule has 0 saturated heterocycles. The molecule has 0 spiro atoms. The van der Waals surface area contributed by atoms with Gasteiger partial charge in [-0.25, -0.2) is 0 Å². The molecule has 17 heavy (non-hydrogen) atoms. The number of rotatable bonds is 4. The fourth-order valence-corrected chi connectivity index (χ4v) is 2.30. The lowest BCUT2D eigenvalue weighted by Crippen LogP contribution is -2.40. The van der Waals surface area contributed by atoms with Gasteiger partial charge in [0.25, 0.3) is 0 Å². The van der Waals surface area contributed by atoms with Crippen LogP contribution in [-0.4, -0.2) is 19.2 Å². The van der Waals surface area contributed by atoms with Crippen LogP contribution in [-0.2, 0) is 6.42 Å². The first-order valence-corrected chi connectivity index (χ1v) is 6.16. The SMILES string of the molecule is CC#CCCC(NC)C1Cc2ccccc2O1. The summed E-state index contributed by atoms with van der Waals surface area (Å²) in [5, 5.41) is 3.34. The molecule has 0 aliphatic carbocycles. The lowest BCUT2D eigenvalue weighted by Gasteiger charge is -2.21. The second kappa shape index (κ2) is 5.75. The van der Waals surface area contributed by atoms with Crippen LogP contribution in [0.4, 0.5) is 0 Å². The number of para-hydroxylation sites is 1. The van der Waals surface area contributed by atoms with Crippen LogP contribution in [0.15, 0.2) is 24.3 Å². The van der Waals surface area contributed by atoms with Crippen molar-refractivity contribution in [3.8, 4) is 17.6 Å². The number of hydrogen-bond acceptors (Lipinski definition) is 2. The summed E-state index contributed by atoms with van der Waals surface area (Å²) in [4.78, 5) is 0. The minimum Gasteiger partial charge on any atom is -0.488 e. The normalized spacial score (nSPS) is 18.8. The van der Waals surface area contributed by atoms with Crippen LogP contribution in [0, 0.1) is 11.8 Å². The van der Waals surface area contributed by atoms with E-state index >= 15 is 0 Å². The first-order chi connectivity index (χ1) is 8.35. The molecule has 90 valence electrons. The number of nitrogens with one attached hydrogen (secondary N) is 1. The van der Waals surface area contributed by atoms with Gasteiger partial charge >= 0.3 is 0 Å². The highest BCUT2D eigenvalue weighted by atomic mass is 16.5. The Morgan fingerprint density at radius 3 is 3.00 bits per heavy atom. The number of hydrogen-bond donors (Lipinski definition) is 1. The third-order valence-corrected chi connectivity index (χ3v) is 3.25. The minimum atomic E-state index is 0.246. The Labute approximate surface area is 103 Å². The lowest BCUT2D eigenvalue weighted by molar-refractivity contribution is 0.178. The number of ether oxygens (including phenoxy) is 1. The van der Waals surface area contributed by atoms with E-state index in [9.17, 15) is 0 Å². The Hall–Kier alpha value is -1.46. The molecule has 2 nitrogen and oxygen atoms in total. The van der Waals surface area contributed by atoms with Crippen molar-refractivity contribution in [2.75, 3.05) is 7.05 Å². The number of likely N-dealkylation sites (N-methyl/N-ethyl adjacent to an activating group) is 1. The molecule has 1 aliphatic rings. The summed E-state index contributed by atoms with van der Waals surface area (Å²) in [6.07, 6.45) is 3.21. The van der Waals surface area contributed by atoms with E-state index < -0.39 is 0 Å². The van der Waals surface area contributed by atoms with Crippen LogP contribution in [0.2, 0.25) is 0 Å². The standard InChI is InChI=1S/C15H19NO/c1-3-4-5-9-13(16-2)15-11-12-8-6-7-10-14(12)17-15/h6-8,10,13,15-16H,5,9,11H2,1-2H3. The molecule has 1 heterocycles. The summed E-state index contributed by atoms with van der Waals surface area (Å²) in [6, 6.07) is 8.67. The number of fused-ring (bicyclic) bond motifs is 1. The molecule has 0 amide bonds. The Balaban J connectivity index is 1.97. The van der Waals surface area contributed by atoms with E-state index in [-0.39, 0.29) is 6.10 Å². The van der Waals surface area contributed by atoms with Crippen molar-refractivity contribution in [2.45, 2.75) is 38.3 Å². The van der Waals surface area contributed by atoms with Gasteiger partial charge in [0.2, 0.25) is 0 Å². The molecule has 2 rings (SSSR count). The third-order valence-electron chi connectivity index (χ3n) is 3.25. The first kappa shape index (κ1) is 12.0. The molecule has 1 aliphatic heterocycles. The van der Waals surface area contributed by atoms with E-state index in [0.29, 0.717) is 6.04 Å². The van der Waals surface area contributed by atoms with Gasteiger partial charge in [-0.3, -0.25) is 0 Å². The predicted octanol–water partition coefficient (Wildman–Crippen LogP) is 2.38. The quantitative estimate of drug-likeness (QED) is 0.800. The highest BCUT2D eigenvalue weighted by molar-refractivity contribution is 5.37. The maximum absolute atomic E-state index is 5.98. The molecule has 0 aromatic heterocycles. The summed E-state index contributed by atoms with van der Waals surface area (Å²) >= 11 is 0. The Kier molecular flexibility index (Phi) is 4.06. The predicted molar refractivity (Wildman–Crippen MR) is 70.1 cm³/mol. The van der Waals surface area contributed by atoms with E-state index in [1.807, 2.05) is 26.1 Å². The summed E-state index contributed by atoms with van der Waals surface area (Å²) in [5.74, 6) is 7.09.